The molecule has 0 radical (unpaired) electrons. The van der Waals surface area contributed by atoms with Crippen molar-refractivity contribution in [2.24, 2.45) is 0 Å². The number of pyridine rings is 1. The Hall–Kier alpha value is -1.43. The second-order valence-corrected chi connectivity index (χ2v) is 6.73. The molecule has 122 valence electrons. The summed E-state index contributed by atoms with van der Waals surface area (Å²) in [6.45, 7) is 4.30. The number of aromatic amines is 1. The van der Waals surface area contributed by atoms with Gasteiger partial charge in [0.15, 0.2) is 0 Å². The molecular formula is C16H18Cl2N4O. The summed E-state index contributed by atoms with van der Waals surface area (Å²) in [7, 11) is 0. The van der Waals surface area contributed by atoms with Crippen molar-refractivity contribution < 1.29 is 0 Å². The molecule has 7 heteroatoms. The Bertz CT molecular complexity index is 742. The maximum atomic E-state index is 11.7. The van der Waals surface area contributed by atoms with Gasteiger partial charge in [-0.15, -0.1) is 0 Å². The van der Waals surface area contributed by atoms with Gasteiger partial charge in [0.25, 0.3) is 5.56 Å². The minimum absolute atomic E-state index is 0.0927. The number of halogens is 2. The molecule has 0 spiro atoms. The lowest BCUT2D eigenvalue weighted by molar-refractivity contribution is 0.198. The molecule has 0 aliphatic carbocycles. The summed E-state index contributed by atoms with van der Waals surface area (Å²) in [4.78, 5) is 25.1. The average Bonchev–Trinajstić information content (AvgIpc) is 2.50. The fourth-order valence-corrected chi connectivity index (χ4v) is 3.55. The highest BCUT2D eigenvalue weighted by atomic mass is 35.5. The number of H-pyrrole nitrogens is 1. The second-order valence-electron chi connectivity index (χ2n) is 5.91. The van der Waals surface area contributed by atoms with E-state index in [1.807, 2.05) is 6.92 Å². The molecule has 0 amide bonds. The van der Waals surface area contributed by atoms with Crippen LogP contribution in [0, 0.1) is 6.92 Å². The Morgan fingerprint density at radius 2 is 2.09 bits per heavy atom. The van der Waals surface area contributed by atoms with Gasteiger partial charge in [-0.3, -0.25) is 14.7 Å². The predicted octanol–water partition coefficient (Wildman–Crippen LogP) is 3.16. The molecule has 1 aliphatic heterocycles. The fourth-order valence-electron chi connectivity index (χ4n) is 3.06. The molecule has 1 saturated heterocycles. The van der Waals surface area contributed by atoms with Gasteiger partial charge >= 0.3 is 0 Å². The zero-order valence-electron chi connectivity index (χ0n) is 12.9. The van der Waals surface area contributed by atoms with Crippen LogP contribution in [-0.4, -0.2) is 32.9 Å². The fraction of sp³-hybridized carbons (Fsp3) is 0.438. The highest BCUT2D eigenvalue weighted by Gasteiger charge is 2.24. The van der Waals surface area contributed by atoms with Crippen LogP contribution in [0.5, 0.6) is 0 Å². The molecule has 5 nitrogen and oxygen atoms in total. The molecule has 2 aromatic heterocycles. The van der Waals surface area contributed by atoms with Crippen LogP contribution in [0.25, 0.3) is 0 Å². The van der Waals surface area contributed by atoms with Crippen molar-refractivity contribution in [3.05, 3.63) is 55.9 Å². The highest BCUT2D eigenvalue weighted by molar-refractivity contribution is 6.35. The summed E-state index contributed by atoms with van der Waals surface area (Å²) < 4.78 is 0. The van der Waals surface area contributed by atoms with Crippen molar-refractivity contribution >= 4 is 23.2 Å². The van der Waals surface area contributed by atoms with E-state index in [1.165, 1.54) is 0 Å². The third kappa shape index (κ3) is 3.91. The molecule has 2 aromatic rings. The van der Waals surface area contributed by atoms with Gasteiger partial charge in [-0.1, -0.05) is 23.2 Å². The van der Waals surface area contributed by atoms with Crippen LogP contribution >= 0.6 is 23.2 Å². The van der Waals surface area contributed by atoms with Crippen molar-refractivity contribution in [3.8, 4) is 0 Å². The van der Waals surface area contributed by atoms with Crippen molar-refractivity contribution in [2.45, 2.75) is 32.2 Å². The van der Waals surface area contributed by atoms with E-state index in [2.05, 4.69) is 19.9 Å². The number of nitrogens with one attached hydrogen (secondary N) is 1. The average molecular weight is 353 g/mol. The van der Waals surface area contributed by atoms with Crippen molar-refractivity contribution in [3.63, 3.8) is 0 Å². The molecule has 0 saturated carbocycles. The third-order valence-corrected chi connectivity index (χ3v) is 4.79. The second kappa shape index (κ2) is 6.99. The zero-order valence-corrected chi connectivity index (χ0v) is 14.4. The summed E-state index contributed by atoms with van der Waals surface area (Å²) in [6.07, 6.45) is 5.32. The van der Waals surface area contributed by atoms with E-state index >= 15 is 0 Å². The monoisotopic (exact) mass is 352 g/mol. The molecule has 3 heterocycles. The van der Waals surface area contributed by atoms with Crippen LogP contribution in [0.3, 0.4) is 0 Å². The Kier molecular flexibility index (Phi) is 4.99. The SMILES string of the molecule is Cc1nc([C@H]2CCCN(Cc3c(Cl)cncc3Cl)C2)cc(=O)[nH]1. The number of rotatable bonds is 3. The quantitative estimate of drug-likeness (QED) is 0.921. The number of likely N-dealkylation sites (tertiary alicyclic amines) is 1. The van der Waals surface area contributed by atoms with Gasteiger partial charge in [-0.2, -0.15) is 0 Å². The van der Waals surface area contributed by atoms with E-state index in [4.69, 9.17) is 23.2 Å². The Morgan fingerprint density at radius 3 is 2.78 bits per heavy atom. The predicted molar refractivity (Wildman–Crippen MR) is 91.1 cm³/mol. The molecular weight excluding hydrogens is 335 g/mol. The number of aromatic nitrogens is 3. The molecule has 1 fully saturated rings. The zero-order chi connectivity index (χ0) is 16.4. The molecule has 23 heavy (non-hydrogen) atoms. The number of hydrogen-bond donors (Lipinski definition) is 1. The van der Waals surface area contributed by atoms with Gasteiger partial charge < -0.3 is 4.98 Å². The molecule has 1 atom stereocenters. The molecule has 0 aromatic carbocycles. The summed E-state index contributed by atoms with van der Waals surface area (Å²) in [5, 5.41) is 1.18. The van der Waals surface area contributed by atoms with Gasteiger partial charge in [0, 0.05) is 43.0 Å². The summed E-state index contributed by atoms with van der Waals surface area (Å²) in [5.41, 5.74) is 1.67. The first-order valence-corrected chi connectivity index (χ1v) is 8.36. The maximum absolute atomic E-state index is 11.7. The first-order valence-electron chi connectivity index (χ1n) is 7.61. The van der Waals surface area contributed by atoms with Crippen molar-refractivity contribution in [2.75, 3.05) is 13.1 Å². The van der Waals surface area contributed by atoms with Crippen LogP contribution in [0.1, 0.15) is 35.8 Å². The summed E-state index contributed by atoms with van der Waals surface area (Å²) in [5.74, 6) is 0.911. The van der Waals surface area contributed by atoms with Crippen LogP contribution < -0.4 is 5.56 Å². The Balaban J connectivity index is 1.77. The highest BCUT2D eigenvalue weighted by Crippen LogP contribution is 2.29. The largest absolute Gasteiger partial charge is 0.311 e. The van der Waals surface area contributed by atoms with Crippen molar-refractivity contribution in [1.29, 1.82) is 0 Å². The van der Waals surface area contributed by atoms with Gasteiger partial charge in [-0.25, -0.2) is 4.98 Å². The third-order valence-electron chi connectivity index (χ3n) is 4.14. The number of nitrogens with zero attached hydrogens (tertiary/aromatic N) is 3. The maximum Gasteiger partial charge on any atom is 0.251 e. The van der Waals surface area contributed by atoms with Gasteiger partial charge in [0.2, 0.25) is 0 Å². The van der Waals surface area contributed by atoms with E-state index in [0.717, 1.165) is 37.2 Å². The number of aryl methyl sites for hydroxylation is 1. The number of hydrogen-bond acceptors (Lipinski definition) is 4. The number of piperidine rings is 1. The van der Waals surface area contributed by atoms with E-state index in [9.17, 15) is 4.79 Å². The molecule has 0 unspecified atom stereocenters. The van der Waals surface area contributed by atoms with Gasteiger partial charge in [0.05, 0.1) is 15.7 Å². The van der Waals surface area contributed by atoms with Crippen LogP contribution in [0.15, 0.2) is 23.3 Å². The topological polar surface area (TPSA) is 61.9 Å². The summed E-state index contributed by atoms with van der Waals surface area (Å²) in [6, 6.07) is 1.60. The first-order chi connectivity index (χ1) is 11.0. The molecule has 3 rings (SSSR count). The lowest BCUT2D eigenvalue weighted by Crippen LogP contribution is -2.35. The standard InChI is InChI=1S/C16H18Cl2N4O/c1-10-20-15(5-16(23)21-10)11-3-2-4-22(8-11)9-12-13(17)6-19-7-14(12)18/h5-7,11H,2-4,8-9H2,1H3,(H,20,21,23)/t11-/m0/s1. The normalized spacial score (nSPS) is 19.0. The minimum atomic E-state index is -0.0927. The first kappa shape index (κ1) is 16.4. The van der Waals surface area contributed by atoms with Gasteiger partial charge in [-0.05, 0) is 26.3 Å². The Morgan fingerprint density at radius 1 is 1.35 bits per heavy atom. The summed E-state index contributed by atoms with van der Waals surface area (Å²) >= 11 is 12.4. The van der Waals surface area contributed by atoms with E-state index in [-0.39, 0.29) is 11.5 Å². The lowest BCUT2D eigenvalue weighted by Gasteiger charge is -2.32. The smallest absolute Gasteiger partial charge is 0.251 e. The van der Waals surface area contributed by atoms with Crippen LogP contribution in [0.4, 0.5) is 0 Å². The molecule has 1 aliphatic rings. The Labute approximate surface area is 144 Å². The van der Waals surface area contributed by atoms with E-state index in [1.54, 1.807) is 18.5 Å². The van der Waals surface area contributed by atoms with E-state index in [0.29, 0.717) is 22.4 Å². The molecule has 1 N–H and O–H groups in total. The van der Waals surface area contributed by atoms with Gasteiger partial charge in [0.1, 0.15) is 5.82 Å². The lowest BCUT2D eigenvalue weighted by atomic mass is 9.94. The molecule has 0 bridgehead atoms. The van der Waals surface area contributed by atoms with Crippen LogP contribution in [0.2, 0.25) is 10.0 Å². The van der Waals surface area contributed by atoms with Crippen LogP contribution in [-0.2, 0) is 6.54 Å². The van der Waals surface area contributed by atoms with E-state index < -0.39 is 0 Å². The van der Waals surface area contributed by atoms with Crippen molar-refractivity contribution in [1.82, 2.24) is 19.9 Å². The minimum Gasteiger partial charge on any atom is -0.311 e.